The number of hydrogen-bond acceptors (Lipinski definition) is 1. The van der Waals surface area contributed by atoms with E-state index in [0.29, 0.717) is 11.7 Å². The first kappa shape index (κ1) is 9.67. The third-order valence-corrected chi connectivity index (χ3v) is 5.79. The van der Waals surface area contributed by atoms with Gasteiger partial charge in [0.15, 0.2) is 0 Å². The molecule has 0 aromatic rings. The minimum atomic E-state index is 0.508. The van der Waals surface area contributed by atoms with E-state index in [4.69, 9.17) is 0 Å². The van der Waals surface area contributed by atoms with E-state index >= 15 is 0 Å². The highest BCUT2D eigenvalue weighted by atomic mass is 16.1. The van der Waals surface area contributed by atoms with Crippen molar-refractivity contribution in [2.45, 2.75) is 51.4 Å². The second-order valence-electron chi connectivity index (χ2n) is 7.07. The van der Waals surface area contributed by atoms with Crippen LogP contribution in [0.3, 0.4) is 0 Å². The van der Waals surface area contributed by atoms with Crippen LogP contribution >= 0.6 is 0 Å². The molecular weight excluding hydrogens is 196 g/mol. The van der Waals surface area contributed by atoms with Crippen LogP contribution in [0.2, 0.25) is 0 Å². The van der Waals surface area contributed by atoms with Gasteiger partial charge in [0, 0.05) is 12.3 Å². The van der Waals surface area contributed by atoms with Crippen LogP contribution in [0, 0.1) is 35.5 Å². The van der Waals surface area contributed by atoms with Crippen molar-refractivity contribution in [2.24, 2.45) is 35.5 Å². The summed E-state index contributed by atoms with van der Waals surface area (Å²) in [5.41, 5.74) is 0. The summed E-state index contributed by atoms with van der Waals surface area (Å²) >= 11 is 0. The van der Waals surface area contributed by atoms with E-state index in [1.165, 1.54) is 44.9 Å². The predicted molar refractivity (Wildman–Crippen MR) is 62.9 cm³/mol. The van der Waals surface area contributed by atoms with Crippen LogP contribution in [-0.4, -0.2) is 5.78 Å². The number of carbonyl (C=O) groups is 1. The standard InChI is InChI=1S/C15H22O/c16-14(8-9-1-2-9)15-12-4-10-3-11(6-12)7-13(15)5-10/h9-13,15H,1-8H2. The maximum Gasteiger partial charge on any atom is 0.136 e. The highest BCUT2D eigenvalue weighted by Crippen LogP contribution is 2.57. The second-order valence-corrected chi connectivity index (χ2v) is 7.07. The number of hydrogen-bond donors (Lipinski definition) is 0. The van der Waals surface area contributed by atoms with Crippen LogP contribution < -0.4 is 0 Å². The Morgan fingerprint density at radius 3 is 1.94 bits per heavy atom. The SMILES string of the molecule is O=C(CC1CC1)C1C2CC3CC(C2)CC1C3. The molecule has 0 heterocycles. The first-order valence-corrected chi connectivity index (χ1v) is 7.32. The van der Waals surface area contributed by atoms with Gasteiger partial charge in [0.05, 0.1) is 0 Å². The summed E-state index contributed by atoms with van der Waals surface area (Å²) in [6.07, 6.45) is 10.7. The van der Waals surface area contributed by atoms with Gasteiger partial charge in [0.25, 0.3) is 0 Å². The molecule has 16 heavy (non-hydrogen) atoms. The Morgan fingerprint density at radius 2 is 1.44 bits per heavy atom. The Bertz CT molecular complexity index is 287. The molecule has 0 unspecified atom stereocenters. The summed E-state index contributed by atoms with van der Waals surface area (Å²) in [5.74, 6) is 5.60. The third-order valence-electron chi connectivity index (χ3n) is 5.79. The average Bonchev–Trinajstić information content (AvgIpc) is 2.99. The zero-order valence-corrected chi connectivity index (χ0v) is 10.0. The zero-order valence-electron chi connectivity index (χ0n) is 10.0. The van der Waals surface area contributed by atoms with E-state index in [1.54, 1.807) is 0 Å². The summed E-state index contributed by atoms with van der Waals surface area (Å²) in [7, 11) is 0. The number of ketones is 1. The maximum atomic E-state index is 12.4. The Labute approximate surface area is 98.0 Å². The molecule has 5 fully saturated rings. The van der Waals surface area contributed by atoms with Crippen molar-refractivity contribution >= 4 is 5.78 Å². The van der Waals surface area contributed by atoms with Gasteiger partial charge in [-0.15, -0.1) is 0 Å². The fraction of sp³-hybridized carbons (Fsp3) is 0.933. The lowest BCUT2D eigenvalue weighted by Crippen LogP contribution is -2.48. The molecule has 0 N–H and O–H groups in total. The van der Waals surface area contributed by atoms with Crippen molar-refractivity contribution in [2.75, 3.05) is 0 Å². The molecule has 0 aliphatic heterocycles. The summed E-state index contributed by atoms with van der Waals surface area (Å²) in [5, 5.41) is 0. The van der Waals surface area contributed by atoms with Crippen LogP contribution in [0.15, 0.2) is 0 Å². The zero-order chi connectivity index (χ0) is 10.7. The largest absolute Gasteiger partial charge is 0.299 e. The number of carbonyl (C=O) groups excluding carboxylic acids is 1. The minimum absolute atomic E-state index is 0.508. The van der Waals surface area contributed by atoms with Gasteiger partial charge in [0.2, 0.25) is 0 Å². The highest BCUT2D eigenvalue weighted by molar-refractivity contribution is 5.82. The van der Waals surface area contributed by atoms with E-state index < -0.39 is 0 Å². The molecule has 0 saturated heterocycles. The Balaban J connectivity index is 1.52. The highest BCUT2D eigenvalue weighted by Gasteiger charge is 2.50. The molecule has 0 radical (unpaired) electrons. The van der Waals surface area contributed by atoms with Crippen LogP contribution in [-0.2, 0) is 4.79 Å². The Morgan fingerprint density at radius 1 is 0.875 bits per heavy atom. The Hall–Kier alpha value is -0.330. The molecule has 0 amide bonds. The van der Waals surface area contributed by atoms with Crippen molar-refractivity contribution < 1.29 is 4.79 Å². The monoisotopic (exact) mass is 218 g/mol. The first-order chi connectivity index (χ1) is 7.79. The fourth-order valence-corrected chi connectivity index (χ4v) is 5.19. The van der Waals surface area contributed by atoms with Crippen LogP contribution in [0.25, 0.3) is 0 Å². The van der Waals surface area contributed by atoms with Crippen LogP contribution in [0.1, 0.15) is 51.4 Å². The summed E-state index contributed by atoms with van der Waals surface area (Å²) in [6.45, 7) is 0. The van der Waals surface area contributed by atoms with E-state index in [9.17, 15) is 4.79 Å². The smallest absolute Gasteiger partial charge is 0.136 e. The predicted octanol–water partition coefficient (Wildman–Crippen LogP) is 3.43. The molecule has 5 aliphatic rings. The molecule has 88 valence electrons. The normalized spacial score (nSPS) is 49.6. The molecule has 5 rings (SSSR count). The van der Waals surface area contributed by atoms with Gasteiger partial charge in [-0.25, -0.2) is 0 Å². The van der Waals surface area contributed by atoms with Crippen molar-refractivity contribution in [3.63, 3.8) is 0 Å². The summed E-state index contributed by atoms with van der Waals surface area (Å²) in [4.78, 5) is 12.4. The lowest BCUT2D eigenvalue weighted by Gasteiger charge is -2.53. The minimum Gasteiger partial charge on any atom is -0.299 e. The van der Waals surface area contributed by atoms with E-state index in [-0.39, 0.29) is 0 Å². The molecule has 1 nitrogen and oxygen atoms in total. The van der Waals surface area contributed by atoms with Gasteiger partial charge in [-0.2, -0.15) is 0 Å². The van der Waals surface area contributed by atoms with Crippen LogP contribution in [0.4, 0.5) is 0 Å². The molecular formula is C15H22O. The number of rotatable bonds is 3. The summed E-state index contributed by atoms with van der Waals surface area (Å²) < 4.78 is 0. The average molecular weight is 218 g/mol. The molecule has 5 aliphatic carbocycles. The van der Waals surface area contributed by atoms with Crippen molar-refractivity contribution in [3.05, 3.63) is 0 Å². The lowest BCUT2D eigenvalue weighted by molar-refractivity contribution is -0.136. The van der Waals surface area contributed by atoms with E-state index in [0.717, 1.165) is 36.0 Å². The number of Topliss-reactive ketones (excluding diaryl/α,β-unsaturated/α-hetero) is 1. The van der Waals surface area contributed by atoms with Crippen molar-refractivity contribution in [1.82, 2.24) is 0 Å². The fourth-order valence-electron chi connectivity index (χ4n) is 5.19. The molecule has 1 heteroatoms. The molecule has 0 aromatic carbocycles. The van der Waals surface area contributed by atoms with Gasteiger partial charge >= 0.3 is 0 Å². The first-order valence-electron chi connectivity index (χ1n) is 7.32. The van der Waals surface area contributed by atoms with Gasteiger partial charge in [-0.3, -0.25) is 4.79 Å². The van der Waals surface area contributed by atoms with E-state index in [1.807, 2.05) is 0 Å². The third kappa shape index (κ3) is 1.47. The maximum absolute atomic E-state index is 12.4. The Kier molecular flexibility index (Phi) is 2.02. The van der Waals surface area contributed by atoms with Gasteiger partial charge in [-0.05, 0) is 74.5 Å². The van der Waals surface area contributed by atoms with Gasteiger partial charge in [0.1, 0.15) is 5.78 Å². The molecule has 0 aromatic heterocycles. The summed E-state index contributed by atoms with van der Waals surface area (Å²) in [6, 6.07) is 0. The molecule has 4 bridgehead atoms. The molecule has 5 saturated carbocycles. The quantitative estimate of drug-likeness (QED) is 0.709. The van der Waals surface area contributed by atoms with Gasteiger partial charge < -0.3 is 0 Å². The van der Waals surface area contributed by atoms with Gasteiger partial charge in [-0.1, -0.05) is 0 Å². The van der Waals surface area contributed by atoms with E-state index in [2.05, 4.69) is 0 Å². The lowest BCUT2D eigenvalue weighted by atomic mass is 9.51. The van der Waals surface area contributed by atoms with Crippen molar-refractivity contribution in [3.8, 4) is 0 Å². The molecule has 0 spiro atoms. The molecule has 0 atom stereocenters. The topological polar surface area (TPSA) is 17.1 Å². The second kappa shape index (κ2) is 3.34. The van der Waals surface area contributed by atoms with Crippen LogP contribution in [0.5, 0.6) is 0 Å². The van der Waals surface area contributed by atoms with Crippen molar-refractivity contribution in [1.29, 1.82) is 0 Å².